The molecule has 0 spiro atoms. The first-order valence-corrected chi connectivity index (χ1v) is 9.47. The second-order valence-electron chi connectivity index (χ2n) is 7.89. The summed E-state index contributed by atoms with van der Waals surface area (Å²) in [4.78, 5) is 13.8. The third-order valence-electron chi connectivity index (χ3n) is 4.88. The summed E-state index contributed by atoms with van der Waals surface area (Å²) >= 11 is 0. The van der Waals surface area contributed by atoms with Gasteiger partial charge in [-0.2, -0.15) is 9.97 Å². The summed E-state index contributed by atoms with van der Waals surface area (Å²) in [7, 11) is 0. The van der Waals surface area contributed by atoms with Gasteiger partial charge in [0, 0.05) is 18.3 Å². The van der Waals surface area contributed by atoms with Crippen molar-refractivity contribution in [2.75, 3.05) is 16.4 Å². The maximum absolute atomic E-state index is 10.3. The van der Waals surface area contributed by atoms with Crippen molar-refractivity contribution in [2.45, 2.75) is 58.8 Å². The Hall–Kier alpha value is -2.87. The van der Waals surface area contributed by atoms with Crippen LogP contribution < -0.4 is 16.4 Å². The molecule has 0 radical (unpaired) electrons. The number of hydrogen-bond donors (Lipinski definition) is 4. The molecule has 8 nitrogen and oxygen atoms in total. The molecule has 1 atom stereocenters. The van der Waals surface area contributed by atoms with E-state index in [9.17, 15) is 5.11 Å². The molecular weight excluding hydrogens is 354 g/mol. The van der Waals surface area contributed by atoms with Crippen LogP contribution in [0.4, 0.5) is 17.5 Å². The highest BCUT2D eigenvalue weighted by Crippen LogP contribution is 2.25. The van der Waals surface area contributed by atoms with E-state index in [0.29, 0.717) is 23.8 Å². The number of rotatable bonds is 7. The van der Waals surface area contributed by atoms with E-state index in [4.69, 9.17) is 5.73 Å². The summed E-state index contributed by atoms with van der Waals surface area (Å²) in [5, 5.41) is 16.8. The van der Waals surface area contributed by atoms with Crippen molar-refractivity contribution in [1.29, 1.82) is 0 Å². The maximum atomic E-state index is 10.3. The number of nitrogens with zero attached hydrogens (tertiary/aromatic N) is 4. The number of aromatic nitrogens is 4. The molecule has 0 amide bonds. The minimum Gasteiger partial charge on any atom is -0.398 e. The minimum absolute atomic E-state index is 0.206. The number of benzene rings is 1. The van der Waals surface area contributed by atoms with Crippen LogP contribution in [-0.4, -0.2) is 36.3 Å². The SMILES string of the molecule is CC(C)n1cnc2c(NCc3ccccc3N)nc(NC(C)C(C)(C)O)nc21. The van der Waals surface area contributed by atoms with Gasteiger partial charge in [0.05, 0.1) is 18.0 Å². The van der Waals surface area contributed by atoms with Crippen molar-refractivity contribution in [2.24, 2.45) is 0 Å². The van der Waals surface area contributed by atoms with Crippen molar-refractivity contribution in [3.63, 3.8) is 0 Å². The zero-order valence-electron chi connectivity index (χ0n) is 17.1. The first-order chi connectivity index (χ1) is 13.2. The molecule has 0 saturated carbocycles. The highest BCUT2D eigenvalue weighted by Gasteiger charge is 2.24. The number of nitrogens with two attached hydrogens (primary N) is 1. The fourth-order valence-electron chi connectivity index (χ4n) is 2.73. The van der Waals surface area contributed by atoms with Crippen LogP contribution in [0, 0.1) is 0 Å². The number of aliphatic hydroxyl groups is 1. The predicted octanol–water partition coefficient (Wildman–Crippen LogP) is 3.17. The quantitative estimate of drug-likeness (QED) is 0.463. The monoisotopic (exact) mass is 383 g/mol. The fraction of sp³-hybridized carbons (Fsp3) is 0.450. The molecule has 0 aliphatic rings. The molecule has 0 fully saturated rings. The van der Waals surface area contributed by atoms with Crippen molar-refractivity contribution in [3.8, 4) is 0 Å². The lowest BCUT2D eigenvalue weighted by molar-refractivity contribution is 0.0646. The Morgan fingerprint density at radius 1 is 1.18 bits per heavy atom. The average molecular weight is 384 g/mol. The molecule has 150 valence electrons. The first-order valence-electron chi connectivity index (χ1n) is 9.47. The van der Waals surface area contributed by atoms with E-state index in [1.54, 1.807) is 20.2 Å². The number of anilines is 3. The van der Waals surface area contributed by atoms with E-state index < -0.39 is 5.60 Å². The molecule has 28 heavy (non-hydrogen) atoms. The fourth-order valence-corrected chi connectivity index (χ4v) is 2.73. The van der Waals surface area contributed by atoms with Crippen molar-refractivity contribution in [3.05, 3.63) is 36.2 Å². The Morgan fingerprint density at radius 3 is 2.54 bits per heavy atom. The summed E-state index contributed by atoms with van der Waals surface area (Å²) in [6.45, 7) is 10.1. The Bertz CT molecular complexity index is 959. The van der Waals surface area contributed by atoms with Crippen LogP contribution >= 0.6 is 0 Å². The van der Waals surface area contributed by atoms with E-state index in [1.807, 2.05) is 35.8 Å². The second-order valence-corrected chi connectivity index (χ2v) is 7.89. The Morgan fingerprint density at radius 2 is 1.89 bits per heavy atom. The third kappa shape index (κ3) is 4.17. The van der Waals surface area contributed by atoms with Crippen LogP contribution in [-0.2, 0) is 6.54 Å². The van der Waals surface area contributed by atoms with Crippen LogP contribution in [0.2, 0.25) is 0 Å². The molecular formula is C20H29N7O. The minimum atomic E-state index is -0.914. The number of fused-ring (bicyclic) bond motifs is 1. The normalized spacial score (nSPS) is 13.1. The van der Waals surface area contributed by atoms with Crippen LogP contribution in [0.3, 0.4) is 0 Å². The lowest BCUT2D eigenvalue weighted by atomic mass is 10.0. The lowest BCUT2D eigenvalue weighted by Crippen LogP contribution is -2.39. The molecule has 1 aromatic carbocycles. The Balaban J connectivity index is 1.98. The van der Waals surface area contributed by atoms with Gasteiger partial charge >= 0.3 is 0 Å². The molecule has 0 saturated heterocycles. The van der Waals surface area contributed by atoms with Gasteiger partial charge in [-0.15, -0.1) is 0 Å². The van der Waals surface area contributed by atoms with Gasteiger partial charge in [0.25, 0.3) is 0 Å². The predicted molar refractivity (Wildman–Crippen MR) is 113 cm³/mol. The lowest BCUT2D eigenvalue weighted by Gasteiger charge is -2.26. The van der Waals surface area contributed by atoms with Gasteiger partial charge < -0.3 is 26.0 Å². The number of para-hydroxylation sites is 1. The Kier molecular flexibility index (Phi) is 5.42. The highest BCUT2D eigenvalue weighted by atomic mass is 16.3. The van der Waals surface area contributed by atoms with Crippen LogP contribution in [0.5, 0.6) is 0 Å². The topological polar surface area (TPSA) is 114 Å². The van der Waals surface area contributed by atoms with Gasteiger partial charge in [-0.05, 0) is 46.2 Å². The van der Waals surface area contributed by atoms with Gasteiger partial charge in [-0.1, -0.05) is 18.2 Å². The summed E-state index contributed by atoms with van der Waals surface area (Å²) < 4.78 is 2.00. The molecule has 2 heterocycles. The summed E-state index contributed by atoms with van der Waals surface area (Å²) in [5.74, 6) is 1.06. The highest BCUT2D eigenvalue weighted by molar-refractivity contribution is 5.84. The molecule has 8 heteroatoms. The van der Waals surface area contributed by atoms with Gasteiger partial charge in [0.1, 0.15) is 0 Å². The average Bonchev–Trinajstić information content (AvgIpc) is 3.04. The van der Waals surface area contributed by atoms with E-state index in [0.717, 1.165) is 16.9 Å². The van der Waals surface area contributed by atoms with E-state index in [1.165, 1.54) is 0 Å². The second kappa shape index (κ2) is 7.63. The Labute approximate surface area is 165 Å². The smallest absolute Gasteiger partial charge is 0.227 e. The summed E-state index contributed by atoms with van der Waals surface area (Å²) in [5.41, 5.74) is 8.28. The van der Waals surface area contributed by atoms with Crippen molar-refractivity contribution < 1.29 is 5.11 Å². The molecule has 0 aliphatic heterocycles. The van der Waals surface area contributed by atoms with E-state index in [-0.39, 0.29) is 12.1 Å². The molecule has 5 N–H and O–H groups in total. The first kappa shape index (κ1) is 19.9. The molecule has 3 rings (SSSR count). The summed E-state index contributed by atoms with van der Waals surface area (Å²) in [6.07, 6.45) is 1.77. The van der Waals surface area contributed by atoms with Crippen LogP contribution in [0.15, 0.2) is 30.6 Å². The largest absolute Gasteiger partial charge is 0.398 e. The zero-order valence-corrected chi connectivity index (χ0v) is 17.1. The maximum Gasteiger partial charge on any atom is 0.227 e. The zero-order chi connectivity index (χ0) is 20.5. The third-order valence-corrected chi connectivity index (χ3v) is 4.88. The standard InChI is InChI=1S/C20H29N7O/c1-12(2)27-11-23-16-17(22-10-14-8-6-7-9-15(14)21)25-19(26-18(16)27)24-13(3)20(4,5)28/h6-9,11-13,28H,10,21H2,1-5H3,(H2,22,24,25,26). The molecule has 3 aromatic rings. The number of hydrogen-bond acceptors (Lipinski definition) is 7. The molecule has 0 bridgehead atoms. The van der Waals surface area contributed by atoms with Crippen LogP contribution in [0.25, 0.3) is 11.2 Å². The molecule has 2 aromatic heterocycles. The van der Waals surface area contributed by atoms with Gasteiger partial charge in [0.15, 0.2) is 17.0 Å². The van der Waals surface area contributed by atoms with Gasteiger partial charge in [-0.3, -0.25) is 0 Å². The summed E-state index contributed by atoms with van der Waals surface area (Å²) in [6, 6.07) is 7.68. The number of nitrogen functional groups attached to an aromatic ring is 1. The molecule has 1 unspecified atom stereocenters. The van der Waals surface area contributed by atoms with E-state index in [2.05, 4.69) is 39.4 Å². The molecule has 0 aliphatic carbocycles. The van der Waals surface area contributed by atoms with E-state index >= 15 is 0 Å². The van der Waals surface area contributed by atoms with Crippen molar-refractivity contribution >= 4 is 28.6 Å². The number of imidazole rings is 1. The number of nitrogens with one attached hydrogen (secondary N) is 2. The van der Waals surface area contributed by atoms with Crippen molar-refractivity contribution in [1.82, 2.24) is 19.5 Å². The van der Waals surface area contributed by atoms with Gasteiger partial charge in [0.2, 0.25) is 5.95 Å². The van der Waals surface area contributed by atoms with Gasteiger partial charge in [-0.25, -0.2) is 4.98 Å². The van der Waals surface area contributed by atoms with Crippen LogP contribution in [0.1, 0.15) is 46.2 Å².